The summed E-state index contributed by atoms with van der Waals surface area (Å²) in [6, 6.07) is 16.7. The number of rotatable bonds is 6. The Morgan fingerprint density at radius 1 is 1.00 bits per heavy atom. The first-order chi connectivity index (χ1) is 11.3. The van der Waals surface area contributed by atoms with Gasteiger partial charge in [0.1, 0.15) is 0 Å². The number of piperidine rings is 1. The monoisotopic (exact) mass is 310 g/mol. The molecule has 2 aromatic rings. The van der Waals surface area contributed by atoms with Crippen molar-refractivity contribution >= 4 is 0 Å². The Morgan fingerprint density at radius 2 is 1.74 bits per heavy atom. The maximum Gasteiger partial charge on any atom is 0.0491 e. The molecule has 1 aromatic heterocycles. The minimum absolute atomic E-state index is 0.0584. The number of aliphatic hydroxyl groups excluding tert-OH is 1. The summed E-state index contributed by atoms with van der Waals surface area (Å²) in [6.07, 6.45) is 5.99. The van der Waals surface area contributed by atoms with E-state index in [2.05, 4.69) is 52.3 Å². The Hall–Kier alpha value is -1.71. The number of pyridine rings is 1. The lowest BCUT2D eigenvalue weighted by atomic mass is 9.74. The highest BCUT2D eigenvalue weighted by molar-refractivity contribution is 5.17. The standard InChI is InChI=1S/C20H26N2O/c23-17-20(16-18-6-2-1-3-7-18)10-14-22(15-11-20)13-9-19-8-4-5-12-21-19/h1-8,12,23H,9-11,13-17H2. The van der Waals surface area contributed by atoms with Crippen molar-refractivity contribution in [2.45, 2.75) is 25.7 Å². The number of aromatic nitrogens is 1. The normalized spacial score (nSPS) is 18.0. The fourth-order valence-corrected chi connectivity index (χ4v) is 3.49. The predicted molar refractivity (Wildman–Crippen MR) is 93.3 cm³/mol. The van der Waals surface area contributed by atoms with Crippen molar-refractivity contribution in [1.82, 2.24) is 9.88 Å². The molecule has 3 heteroatoms. The molecule has 0 radical (unpaired) electrons. The summed E-state index contributed by atoms with van der Waals surface area (Å²) >= 11 is 0. The summed E-state index contributed by atoms with van der Waals surface area (Å²) in [4.78, 5) is 6.90. The Kier molecular flexibility index (Phi) is 5.42. The molecule has 1 N–H and O–H groups in total. The maximum atomic E-state index is 9.97. The van der Waals surface area contributed by atoms with E-state index in [1.54, 1.807) is 0 Å². The smallest absolute Gasteiger partial charge is 0.0491 e. The average molecular weight is 310 g/mol. The van der Waals surface area contributed by atoms with E-state index in [-0.39, 0.29) is 12.0 Å². The molecule has 0 spiro atoms. The van der Waals surface area contributed by atoms with Gasteiger partial charge in [-0.25, -0.2) is 0 Å². The van der Waals surface area contributed by atoms with Crippen LogP contribution < -0.4 is 0 Å². The molecule has 1 aliphatic heterocycles. The molecule has 122 valence electrons. The first-order valence-corrected chi connectivity index (χ1v) is 8.57. The Labute approximate surface area is 139 Å². The second-order valence-electron chi connectivity index (χ2n) is 6.73. The third-order valence-electron chi connectivity index (χ3n) is 5.08. The number of aliphatic hydroxyl groups is 1. The molecule has 1 aliphatic rings. The summed E-state index contributed by atoms with van der Waals surface area (Å²) in [6.45, 7) is 3.49. The van der Waals surface area contributed by atoms with Gasteiger partial charge in [0.05, 0.1) is 0 Å². The second-order valence-corrected chi connectivity index (χ2v) is 6.73. The van der Waals surface area contributed by atoms with Crippen molar-refractivity contribution in [2.75, 3.05) is 26.2 Å². The molecular weight excluding hydrogens is 284 g/mol. The molecule has 1 fully saturated rings. The quantitative estimate of drug-likeness (QED) is 0.891. The van der Waals surface area contributed by atoms with Gasteiger partial charge >= 0.3 is 0 Å². The summed E-state index contributed by atoms with van der Waals surface area (Å²) in [5.74, 6) is 0. The number of hydrogen-bond donors (Lipinski definition) is 1. The van der Waals surface area contributed by atoms with Crippen molar-refractivity contribution in [1.29, 1.82) is 0 Å². The van der Waals surface area contributed by atoms with Gasteiger partial charge in [0.15, 0.2) is 0 Å². The summed E-state index contributed by atoms with van der Waals surface area (Å²) in [7, 11) is 0. The van der Waals surface area contributed by atoms with Crippen LogP contribution in [0.2, 0.25) is 0 Å². The van der Waals surface area contributed by atoms with Crippen LogP contribution in [0.5, 0.6) is 0 Å². The fraction of sp³-hybridized carbons (Fsp3) is 0.450. The Bertz CT molecular complexity index is 577. The van der Waals surface area contributed by atoms with Gasteiger partial charge in [-0.3, -0.25) is 4.98 Å². The molecule has 0 saturated carbocycles. The van der Waals surface area contributed by atoms with Gasteiger partial charge in [-0.2, -0.15) is 0 Å². The zero-order chi connectivity index (χ0) is 16.0. The van der Waals surface area contributed by atoms with E-state index < -0.39 is 0 Å². The predicted octanol–water partition coefficient (Wildman–Crippen LogP) is 2.94. The van der Waals surface area contributed by atoms with Gasteiger partial charge < -0.3 is 10.0 Å². The number of nitrogens with zero attached hydrogens (tertiary/aromatic N) is 2. The van der Waals surface area contributed by atoms with Gasteiger partial charge in [0.25, 0.3) is 0 Å². The van der Waals surface area contributed by atoms with E-state index in [0.717, 1.165) is 51.0 Å². The van der Waals surface area contributed by atoms with E-state index in [9.17, 15) is 5.11 Å². The molecule has 0 bridgehead atoms. The largest absolute Gasteiger partial charge is 0.396 e. The molecule has 0 amide bonds. The Morgan fingerprint density at radius 3 is 2.39 bits per heavy atom. The summed E-state index contributed by atoms with van der Waals surface area (Å²) in [5.41, 5.74) is 2.56. The maximum absolute atomic E-state index is 9.97. The molecule has 1 saturated heterocycles. The van der Waals surface area contributed by atoms with Gasteiger partial charge in [-0.05, 0) is 55.5 Å². The average Bonchev–Trinajstić information content (AvgIpc) is 2.63. The summed E-state index contributed by atoms with van der Waals surface area (Å²) in [5, 5.41) is 9.97. The second kappa shape index (κ2) is 7.71. The highest BCUT2D eigenvalue weighted by Gasteiger charge is 2.33. The highest BCUT2D eigenvalue weighted by atomic mass is 16.3. The van der Waals surface area contributed by atoms with Crippen molar-refractivity contribution in [2.24, 2.45) is 5.41 Å². The molecule has 23 heavy (non-hydrogen) atoms. The lowest BCUT2D eigenvalue weighted by Gasteiger charge is -2.41. The molecule has 0 unspecified atom stereocenters. The van der Waals surface area contributed by atoms with Gasteiger partial charge in [0.2, 0.25) is 0 Å². The van der Waals surface area contributed by atoms with Gasteiger partial charge in [0, 0.05) is 31.5 Å². The fourth-order valence-electron chi connectivity index (χ4n) is 3.49. The van der Waals surface area contributed by atoms with Crippen LogP contribution in [-0.4, -0.2) is 41.2 Å². The van der Waals surface area contributed by atoms with E-state index >= 15 is 0 Å². The topological polar surface area (TPSA) is 36.4 Å². The summed E-state index contributed by atoms with van der Waals surface area (Å²) < 4.78 is 0. The van der Waals surface area contributed by atoms with Crippen molar-refractivity contribution < 1.29 is 5.11 Å². The van der Waals surface area contributed by atoms with Gasteiger partial charge in [-0.15, -0.1) is 0 Å². The zero-order valence-corrected chi connectivity index (χ0v) is 13.7. The number of hydrogen-bond acceptors (Lipinski definition) is 3. The van der Waals surface area contributed by atoms with Crippen LogP contribution in [0, 0.1) is 5.41 Å². The van der Waals surface area contributed by atoms with Crippen LogP contribution in [-0.2, 0) is 12.8 Å². The first kappa shape index (κ1) is 16.2. The van der Waals surface area contributed by atoms with Crippen LogP contribution in [0.3, 0.4) is 0 Å². The van der Waals surface area contributed by atoms with Crippen molar-refractivity contribution in [3.8, 4) is 0 Å². The minimum atomic E-state index is 0.0584. The van der Waals surface area contributed by atoms with Crippen LogP contribution in [0.15, 0.2) is 54.7 Å². The lowest BCUT2D eigenvalue weighted by molar-refractivity contribution is 0.0445. The van der Waals surface area contributed by atoms with Crippen LogP contribution in [0.4, 0.5) is 0 Å². The third kappa shape index (κ3) is 4.40. The van der Waals surface area contributed by atoms with Crippen LogP contribution >= 0.6 is 0 Å². The van der Waals surface area contributed by atoms with Crippen LogP contribution in [0.25, 0.3) is 0 Å². The first-order valence-electron chi connectivity index (χ1n) is 8.57. The molecule has 1 aromatic carbocycles. The molecule has 3 rings (SSSR count). The SMILES string of the molecule is OCC1(Cc2ccccc2)CCN(CCc2ccccn2)CC1. The molecule has 3 nitrogen and oxygen atoms in total. The number of benzene rings is 1. The molecular formula is C20H26N2O. The third-order valence-corrected chi connectivity index (χ3v) is 5.08. The van der Waals surface area contributed by atoms with Crippen molar-refractivity contribution in [3.63, 3.8) is 0 Å². The highest BCUT2D eigenvalue weighted by Crippen LogP contribution is 2.34. The van der Waals surface area contributed by atoms with Crippen molar-refractivity contribution in [3.05, 3.63) is 66.0 Å². The zero-order valence-electron chi connectivity index (χ0n) is 13.7. The van der Waals surface area contributed by atoms with E-state index in [1.807, 2.05) is 12.3 Å². The van der Waals surface area contributed by atoms with E-state index in [0.29, 0.717) is 0 Å². The number of likely N-dealkylation sites (tertiary alicyclic amines) is 1. The minimum Gasteiger partial charge on any atom is -0.396 e. The lowest BCUT2D eigenvalue weighted by Crippen LogP contribution is -2.43. The van der Waals surface area contributed by atoms with E-state index in [4.69, 9.17) is 0 Å². The Balaban J connectivity index is 1.52. The van der Waals surface area contributed by atoms with Crippen LogP contribution in [0.1, 0.15) is 24.1 Å². The van der Waals surface area contributed by atoms with E-state index in [1.165, 1.54) is 5.56 Å². The molecule has 0 atom stereocenters. The molecule has 0 aliphatic carbocycles. The van der Waals surface area contributed by atoms with Gasteiger partial charge in [-0.1, -0.05) is 36.4 Å². The molecule has 2 heterocycles.